The number of aryl methyl sites for hydroxylation is 1. The lowest BCUT2D eigenvalue weighted by Gasteiger charge is -2.19. The van der Waals surface area contributed by atoms with E-state index < -0.39 is 0 Å². The number of hydrogen-bond donors (Lipinski definition) is 1. The van der Waals surface area contributed by atoms with Gasteiger partial charge < -0.3 is 14.7 Å². The highest BCUT2D eigenvalue weighted by Gasteiger charge is 2.11. The van der Waals surface area contributed by atoms with Crippen LogP contribution >= 0.6 is 0 Å². The molecule has 1 amide bonds. The molecule has 0 unspecified atom stereocenters. The summed E-state index contributed by atoms with van der Waals surface area (Å²) < 4.78 is 5.22. The molecule has 0 saturated carbocycles. The molecule has 0 radical (unpaired) electrons. The van der Waals surface area contributed by atoms with E-state index in [0.717, 1.165) is 25.1 Å². The van der Waals surface area contributed by atoms with Crippen LogP contribution < -0.4 is 5.32 Å². The minimum absolute atomic E-state index is 0.0320. The maximum Gasteiger partial charge on any atom is 0.227 e. The van der Waals surface area contributed by atoms with E-state index in [1.54, 1.807) is 12.4 Å². The normalized spacial score (nSPS) is 15.5. The Morgan fingerprint density at radius 2 is 1.92 bits per heavy atom. The average Bonchev–Trinajstić information content (AvgIpc) is 3.00. The molecule has 1 saturated heterocycles. The molecule has 1 aliphatic rings. The third-order valence-electron chi connectivity index (χ3n) is 4.64. The molecule has 0 aliphatic carbocycles. The van der Waals surface area contributed by atoms with Crippen molar-refractivity contribution in [2.45, 2.75) is 44.9 Å². The topological polar surface area (TPSA) is 84.1 Å². The third-order valence-corrected chi connectivity index (χ3v) is 4.64. The number of hydrogen-bond acceptors (Lipinski definition) is 6. The van der Waals surface area contributed by atoms with Gasteiger partial charge >= 0.3 is 0 Å². The molecule has 7 nitrogen and oxygen atoms in total. The van der Waals surface area contributed by atoms with Crippen molar-refractivity contribution in [2.24, 2.45) is 0 Å². The molecule has 1 aliphatic heterocycles. The number of aromatic nitrogens is 3. The Balaban J connectivity index is 1.32. The number of likely N-dealkylation sites (tertiary alicyclic amines) is 1. The summed E-state index contributed by atoms with van der Waals surface area (Å²) in [4.78, 5) is 22.8. The van der Waals surface area contributed by atoms with E-state index in [1.807, 2.05) is 12.1 Å². The zero-order valence-electron chi connectivity index (χ0n) is 15.2. The molecule has 2 aromatic heterocycles. The number of nitrogens with zero attached hydrogens (tertiary/aromatic N) is 4. The van der Waals surface area contributed by atoms with Gasteiger partial charge in [-0.15, -0.1) is 0 Å². The standard InChI is InChI=1S/C19H27N5O2/c25-17(21-10-5-15-24-13-3-1-2-4-14-24)6-7-18-22-19(23-26-18)16-8-11-20-12-9-16/h8-9,11-12H,1-7,10,13-15H2,(H,21,25). The predicted octanol–water partition coefficient (Wildman–Crippen LogP) is 2.45. The summed E-state index contributed by atoms with van der Waals surface area (Å²) in [5, 5.41) is 6.93. The van der Waals surface area contributed by atoms with Gasteiger partial charge in [-0.25, -0.2) is 0 Å². The summed E-state index contributed by atoms with van der Waals surface area (Å²) in [6.45, 7) is 4.19. The van der Waals surface area contributed by atoms with Crippen LogP contribution in [0.3, 0.4) is 0 Å². The van der Waals surface area contributed by atoms with Gasteiger partial charge in [0.2, 0.25) is 17.6 Å². The zero-order chi connectivity index (χ0) is 18.0. The second-order valence-corrected chi connectivity index (χ2v) is 6.71. The van der Waals surface area contributed by atoms with Crippen LogP contribution in [-0.2, 0) is 11.2 Å². The molecule has 1 N–H and O–H groups in total. The van der Waals surface area contributed by atoms with Gasteiger partial charge in [-0.2, -0.15) is 4.98 Å². The molecule has 0 aromatic carbocycles. The zero-order valence-corrected chi connectivity index (χ0v) is 15.2. The average molecular weight is 357 g/mol. The number of rotatable bonds is 8. The van der Waals surface area contributed by atoms with Gasteiger partial charge in [0, 0.05) is 37.3 Å². The summed E-state index contributed by atoms with van der Waals surface area (Å²) in [6.07, 6.45) is 10.5. The SMILES string of the molecule is O=C(CCc1nc(-c2ccncc2)no1)NCCCN1CCCCCC1. The maximum absolute atomic E-state index is 12.0. The molecule has 7 heteroatoms. The Kier molecular flexibility index (Phi) is 7.13. The fourth-order valence-electron chi connectivity index (χ4n) is 3.17. The predicted molar refractivity (Wildman–Crippen MR) is 98.4 cm³/mol. The van der Waals surface area contributed by atoms with Crippen molar-refractivity contribution in [1.29, 1.82) is 0 Å². The molecular weight excluding hydrogens is 330 g/mol. The lowest BCUT2D eigenvalue weighted by atomic mass is 10.2. The quantitative estimate of drug-likeness (QED) is 0.731. The van der Waals surface area contributed by atoms with E-state index in [-0.39, 0.29) is 5.91 Å². The highest BCUT2D eigenvalue weighted by Crippen LogP contribution is 2.14. The highest BCUT2D eigenvalue weighted by atomic mass is 16.5. The van der Waals surface area contributed by atoms with Crippen LogP contribution in [0.2, 0.25) is 0 Å². The second-order valence-electron chi connectivity index (χ2n) is 6.71. The Hall–Kier alpha value is -2.28. The summed E-state index contributed by atoms with van der Waals surface area (Å²) in [5.74, 6) is 1.04. The molecular formula is C19H27N5O2. The molecule has 3 rings (SSSR count). The van der Waals surface area contributed by atoms with Gasteiger partial charge in [0.25, 0.3) is 0 Å². The minimum Gasteiger partial charge on any atom is -0.356 e. The Bertz CT molecular complexity index is 666. The number of amides is 1. The van der Waals surface area contributed by atoms with Crippen molar-refractivity contribution in [3.63, 3.8) is 0 Å². The molecule has 0 spiro atoms. The van der Waals surface area contributed by atoms with Crippen LogP contribution in [0.25, 0.3) is 11.4 Å². The highest BCUT2D eigenvalue weighted by molar-refractivity contribution is 5.75. The summed E-state index contributed by atoms with van der Waals surface area (Å²) in [6, 6.07) is 3.65. The fourth-order valence-corrected chi connectivity index (χ4v) is 3.17. The van der Waals surface area contributed by atoms with E-state index in [9.17, 15) is 4.79 Å². The van der Waals surface area contributed by atoms with Gasteiger partial charge in [-0.3, -0.25) is 9.78 Å². The van der Waals surface area contributed by atoms with Gasteiger partial charge in [0.05, 0.1) is 0 Å². The number of pyridine rings is 1. The van der Waals surface area contributed by atoms with Crippen molar-refractivity contribution in [3.05, 3.63) is 30.4 Å². The van der Waals surface area contributed by atoms with Crippen LogP contribution in [0.5, 0.6) is 0 Å². The van der Waals surface area contributed by atoms with Crippen molar-refractivity contribution >= 4 is 5.91 Å². The van der Waals surface area contributed by atoms with Crippen molar-refractivity contribution in [3.8, 4) is 11.4 Å². The number of carbonyl (C=O) groups is 1. The fraction of sp³-hybridized carbons (Fsp3) is 0.579. The largest absolute Gasteiger partial charge is 0.356 e. The first-order valence-corrected chi connectivity index (χ1v) is 9.53. The Morgan fingerprint density at radius 3 is 2.69 bits per heavy atom. The first kappa shape index (κ1) is 18.5. The molecule has 2 aromatic rings. The van der Waals surface area contributed by atoms with Crippen LogP contribution in [0, 0.1) is 0 Å². The smallest absolute Gasteiger partial charge is 0.227 e. The number of nitrogens with one attached hydrogen (secondary N) is 1. The van der Waals surface area contributed by atoms with E-state index in [2.05, 4.69) is 25.3 Å². The van der Waals surface area contributed by atoms with Gasteiger partial charge in [-0.05, 0) is 51.0 Å². The van der Waals surface area contributed by atoms with Gasteiger partial charge in [0.15, 0.2) is 0 Å². The van der Waals surface area contributed by atoms with Gasteiger partial charge in [-0.1, -0.05) is 18.0 Å². The van der Waals surface area contributed by atoms with Crippen molar-refractivity contribution < 1.29 is 9.32 Å². The second kappa shape index (κ2) is 10.0. The minimum atomic E-state index is 0.0320. The Morgan fingerprint density at radius 1 is 1.15 bits per heavy atom. The lowest BCUT2D eigenvalue weighted by molar-refractivity contribution is -0.121. The van der Waals surface area contributed by atoms with Crippen LogP contribution in [0.15, 0.2) is 29.0 Å². The van der Waals surface area contributed by atoms with Crippen LogP contribution in [-0.4, -0.2) is 52.1 Å². The van der Waals surface area contributed by atoms with E-state index in [1.165, 1.54) is 38.8 Å². The Labute approximate surface area is 154 Å². The molecule has 3 heterocycles. The van der Waals surface area contributed by atoms with Crippen LogP contribution in [0.1, 0.15) is 44.4 Å². The van der Waals surface area contributed by atoms with Crippen molar-refractivity contribution in [1.82, 2.24) is 25.3 Å². The maximum atomic E-state index is 12.0. The molecule has 1 fully saturated rings. The van der Waals surface area contributed by atoms with Crippen molar-refractivity contribution in [2.75, 3.05) is 26.2 Å². The van der Waals surface area contributed by atoms with E-state index >= 15 is 0 Å². The third kappa shape index (κ3) is 5.91. The lowest BCUT2D eigenvalue weighted by Crippen LogP contribution is -2.30. The first-order valence-electron chi connectivity index (χ1n) is 9.53. The van der Waals surface area contributed by atoms with Crippen LogP contribution in [0.4, 0.5) is 0 Å². The summed E-state index contributed by atoms with van der Waals surface area (Å²) >= 11 is 0. The molecule has 0 bridgehead atoms. The molecule has 26 heavy (non-hydrogen) atoms. The summed E-state index contributed by atoms with van der Waals surface area (Å²) in [5.41, 5.74) is 0.855. The monoisotopic (exact) mass is 357 g/mol. The summed E-state index contributed by atoms with van der Waals surface area (Å²) in [7, 11) is 0. The molecule has 140 valence electrons. The van der Waals surface area contributed by atoms with E-state index in [0.29, 0.717) is 24.6 Å². The molecule has 0 atom stereocenters. The number of carbonyl (C=O) groups excluding carboxylic acids is 1. The first-order chi connectivity index (χ1) is 12.8. The van der Waals surface area contributed by atoms with Gasteiger partial charge in [0.1, 0.15) is 0 Å². The van der Waals surface area contributed by atoms with E-state index in [4.69, 9.17) is 4.52 Å².